The lowest BCUT2D eigenvalue weighted by atomic mass is 9.97. The van der Waals surface area contributed by atoms with Gasteiger partial charge in [-0.25, -0.2) is 0 Å². The zero-order valence-corrected chi connectivity index (χ0v) is 20.5. The Morgan fingerprint density at radius 1 is 1.19 bits per heavy atom. The highest BCUT2D eigenvalue weighted by atomic mass is 16.5. The van der Waals surface area contributed by atoms with E-state index in [4.69, 9.17) is 14.0 Å². The first kappa shape index (κ1) is 23.3. The minimum absolute atomic E-state index is 0.114. The first-order chi connectivity index (χ1) is 18.1. The molecule has 0 bridgehead atoms. The molecule has 9 heteroatoms. The van der Waals surface area contributed by atoms with Crippen molar-refractivity contribution >= 4 is 16.9 Å². The number of carbonyl (C=O) groups is 1. The number of rotatable bonds is 6. The summed E-state index contributed by atoms with van der Waals surface area (Å²) < 4.78 is 16.6. The normalized spacial score (nSPS) is 17.5. The predicted molar refractivity (Wildman–Crippen MR) is 136 cm³/mol. The van der Waals surface area contributed by atoms with E-state index in [2.05, 4.69) is 32.6 Å². The molecule has 0 saturated heterocycles. The minimum Gasteiger partial charge on any atom is -0.490 e. The number of nitrogens with zero attached hydrogens (tertiary/aromatic N) is 3. The molecule has 2 aliphatic rings. The fourth-order valence-corrected chi connectivity index (χ4v) is 5.38. The number of hydrogen-bond donors (Lipinski definition) is 2. The van der Waals surface area contributed by atoms with Gasteiger partial charge in [-0.15, -0.1) is 0 Å². The molecule has 9 nitrogen and oxygen atoms in total. The Kier molecular flexibility index (Phi) is 6.10. The molecule has 2 aromatic carbocycles. The number of nitrogens with one attached hydrogen (secondary N) is 2. The topological polar surface area (TPSA) is 126 Å². The van der Waals surface area contributed by atoms with Crippen LogP contribution in [0.25, 0.3) is 33.7 Å². The molecule has 1 aliphatic heterocycles. The molecular weight excluding hydrogens is 470 g/mol. The lowest BCUT2D eigenvalue weighted by Gasteiger charge is -2.23. The summed E-state index contributed by atoms with van der Waals surface area (Å²) in [5, 5.41) is 18.2. The van der Waals surface area contributed by atoms with E-state index in [1.807, 2.05) is 18.2 Å². The van der Waals surface area contributed by atoms with E-state index < -0.39 is 0 Å². The number of aromatic amines is 1. The van der Waals surface area contributed by atoms with Crippen molar-refractivity contribution in [3.63, 3.8) is 0 Å². The van der Waals surface area contributed by atoms with Crippen LogP contribution in [0.15, 0.2) is 40.9 Å². The molecule has 1 fully saturated rings. The van der Waals surface area contributed by atoms with Gasteiger partial charge in [0.1, 0.15) is 5.75 Å². The van der Waals surface area contributed by atoms with Gasteiger partial charge in [-0.05, 0) is 80.6 Å². The number of esters is 1. The van der Waals surface area contributed by atoms with Gasteiger partial charge in [-0.2, -0.15) is 10.2 Å². The monoisotopic (exact) mass is 497 g/mol. The summed E-state index contributed by atoms with van der Waals surface area (Å²) >= 11 is 0. The predicted octanol–water partition coefficient (Wildman–Crippen LogP) is 4.83. The Bertz CT molecular complexity index is 1510. The smallest absolute Gasteiger partial charge is 0.307 e. The number of benzene rings is 2. The van der Waals surface area contributed by atoms with Crippen molar-refractivity contribution in [1.29, 1.82) is 5.26 Å². The summed E-state index contributed by atoms with van der Waals surface area (Å²) in [7, 11) is 1.41. The summed E-state index contributed by atoms with van der Waals surface area (Å²) in [4.78, 5) is 20.0. The average Bonchev–Trinajstić information content (AvgIpc) is 3.68. The van der Waals surface area contributed by atoms with Crippen molar-refractivity contribution in [2.45, 2.75) is 50.7 Å². The standard InChI is InChI=1S/C28H27N5O4/c1-35-25(34)14-24-26-21(8-9-30-24)22-13-17(6-7-23(22)31-26)27-32-28(37-33-27)18-10-16(15-29)11-20(12-18)36-19-4-2-3-5-19/h6-7,10-13,19,24,30-31H,2-5,8-9,14H2,1H3. The van der Waals surface area contributed by atoms with E-state index in [1.54, 1.807) is 12.1 Å². The molecule has 0 radical (unpaired) electrons. The molecule has 2 N–H and O–H groups in total. The Labute approximate surface area is 213 Å². The van der Waals surface area contributed by atoms with Crippen LogP contribution < -0.4 is 10.1 Å². The molecule has 188 valence electrons. The molecule has 2 aromatic heterocycles. The number of nitriles is 1. The van der Waals surface area contributed by atoms with E-state index in [9.17, 15) is 10.1 Å². The lowest BCUT2D eigenvalue weighted by Crippen LogP contribution is -2.31. The quantitative estimate of drug-likeness (QED) is 0.363. The van der Waals surface area contributed by atoms with Crippen molar-refractivity contribution in [2.24, 2.45) is 0 Å². The van der Waals surface area contributed by atoms with Gasteiger partial charge in [-0.3, -0.25) is 4.79 Å². The molecule has 4 aromatic rings. The molecule has 1 atom stereocenters. The first-order valence-electron chi connectivity index (χ1n) is 12.6. The van der Waals surface area contributed by atoms with E-state index in [-0.39, 0.29) is 24.5 Å². The van der Waals surface area contributed by atoms with Crippen molar-refractivity contribution in [1.82, 2.24) is 20.4 Å². The maximum absolute atomic E-state index is 11.9. The second-order valence-electron chi connectivity index (χ2n) is 9.62. The number of aromatic nitrogens is 3. The van der Waals surface area contributed by atoms with Gasteiger partial charge in [-0.1, -0.05) is 5.16 Å². The summed E-state index contributed by atoms with van der Waals surface area (Å²) in [5.41, 5.74) is 5.16. The zero-order chi connectivity index (χ0) is 25.4. The molecular formula is C28H27N5O4. The van der Waals surface area contributed by atoms with Crippen LogP contribution in [0.5, 0.6) is 5.75 Å². The molecule has 37 heavy (non-hydrogen) atoms. The van der Waals surface area contributed by atoms with E-state index >= 15 is 0 Å². The minimum atomic E-state index is -0.249. The summed E-state index contributed by atoms with van der Waals surface area (Å²) in [5.74, 6) is 1.20. The Morgan fingerprint density at radius 2 is 2.05 bits per heavy atom. The second-order valence-corrected chi connectivity index (χ2v) is 9.62. The highest BCUT2D eigenvalue weighted by Crippen LogP contribution is 2.35. The van der Waals surface area contributed by atoms with Gasteiger partial charge in [0.2, 0.25) is 5.82 Å². The second kappa shape index (κ2) is 9.71. The number of H-pyrrole nitrogens is 1. The SMILES string of the molecule is COC(=O)CC1NCCc2c1[nH]c1ccc(-c3noc(-c4cc(C#N)cc(OC5CCCC5)c4)n3)cc21. The third-order valence-electron chi connectivity index (χ3n) is 7.22. The van der Waals surface area contributed by atoms with Crippen molar-refractivity contribution in [2.75, 3.05) is 13.7 Å². The fraction of sp³-hybridized carbons (Fsp3) is 0.357. The Hall–Kier alpha value is -4.16. The van der Waals surface area contributed by atoms with Crippen LogP contribution in [0.4, 0.5) is 0 Å². The van der Waals surface area contributed by atoms with Crippen LogP contribution in [-0.2, 0) is 16.0 Å². The molecule has 0 amide bonds. The van der Waals surface area contributed by atoms with Crippen LogP contribution in [-0.4, -0.2) is 40.9 Å². The van der Waals surface area contributed by atoms with Crippen molar-refractivity contribution in [3.8, 4) is 34.7 Å². The highest BCUT2D eigenvalue weighted by molar-refractivity contribution is 5.89. The van der Waals surface area contributed by atoms with E-state index in [0.29, 0.717) is 28.6 Å². The average molecular weight is 498 g/mol. The number of carbonyl (C=O) groups excluding carboxylic acids is 1. The van der Waals surface area contributed by atoms with Crippen molar-refractivity contribution < 1.29 is 18.8 Å². The van der Waals surface area contributed by atoms with Gasteiger partial charge in [0.05, 0.1) is 37.3 Å². The maximum Gasteiger partial charge on any atom is 0.307 e. The van der Waals surface area contributed by atoms with Gasteiger partial charge in [0.25, 0.3) is 5.89 Å². The largest absolute Gasteiger partial charge is 0.490 e. The summed E-state index contributed by atoms with van der Waals surface area (Å²) in [6.07, 6.45) is 5.69. The van der Waals surface area contributed by atoms with Crippen LogP contribution in [0.2, 0.25) is 0 Å². The van der Waals surface area contributed by atoms with Crippen LogP contribution >= 0.6 is 0 Å². The third kappa shape index (κ3) is 4.56. The number of ether oxygens (including phenoxy) is 2. The zero-order valence-electron chi connectivity index (χ0n) is 20.5. The summed E-state index contributed by atoms with van der Waals surface area (Å²) in [6.45, 7) is 0.776. The molecule has 1 saturated carbocycles. The Morgan fingerprint density at radius 3 is 2.86 bits per heavy atom. The van der Waals surface area contributed by atoms with Gasteiger partial charge >= 0.3 is 5.97 Å². The van der Waals surface area contributed by atoms with Crippen molar-refractivity contribution in [3.05, 3.63) is 53.2 Å². The van der Waals surface area contributed by atoms with E-state index in [0.717, 1.165) is 48.0 Å². The van der Waals surface area contributed by atoms with E-state index in [1.165, 1.54) is 25.5 Å². The van der Waals surface area contributed by atoms with Gasteiger partial charge in [0.15, 0.2) is 0 Å². The number of methoxy groups -OCH3 is 1. The maximum atomic E-state index is 11.9. The molecule has 0 spiro atoms. The van der Waals surface area contributed by atoms with Crippen LogP contribution in [0.1, 0.15) is 55.0 Å². The molecule has 1 unspecified atom stereocenters. The van der Waals surface area contributed by atoms with Gasteiger partial charge in [0, 0.05) is 27.7 Å². The van der Waals surface area contributed by atoms with Gasteiger partial charge < -0.3 is 24.3 Å². The van der Waals surface area contributed by atoms with Crippen LogP contribution in [0, 0.1) is 11.3 Å². The fourth-order valence-electron chi connectivity index (χ4n) is 5.38. The third-order valence-corrected chi connectivity index (χ3v) is 7.22. The molecule has 1 aliphatic carbocycles. The highest BCUT2D eigenvalue weighted by Gasteiger charge is 2.26. The molecule has 3 heterocycles. The summed E-state index contributed by atoms with van der Waals surface area (Å²) in [6, 6.07) is 13.4. The Balaban J connectivity index is 1.31. The van der Waals surface area contributed by atoms with Crippen LogP contribution in [0.3, 0.4) is 0 Å². The number of fused-ring (bicyclic) bond motifs is 3. The molecule has 6 rings (SSSR count). The first-order valence-corrected chi connectivity index (χ1v) is 12.6. The lowest BCUT2D eigenvalue weighted by molar-refractivity contribution is -0.141. The number of hydrogen-bond acceptors (Lipinski definition) is 8.